The smallest absolute Gasteiger partial charge is 0.462 e. The first kappa shape index (κ1) is 36.0. The van der Waals surface area contributed by atoms with Gasteiger partial charge in [0, 0.05) is 13.3 Å². The highest BCUT2D eigenvalue weighted by Gasteiger charge is 2.31. The number of carbonyl (C=O) groups is 2. The lowest BCUT2D eigenvalue weighted by atomic mass is 10.1. The van der Waals surface area contributed by atoms with E-state index >= 15 is 0 Å². The SMILES string of the molecule is CCCCCCCCCCCCCC(=O)O[C@H](COC(C)=O)COP(=O)(O)OCC1COC(CCCCC)O1. The number of esters is 2. The summed E-state index contributed by atoms with van der Waals surface area (Å²) in [6.45, 7) is 4.92. The van der Waals surface area contributed by atoms with Crippen molar-refractivity contribution < 1.29 is 47.0 Å². The van der Waals surface area contributed by atoms with Crippen LogP contribution in [0.25, 0.3) is 0 Å². The molecular weight excluding hydrogens is 527 g/mol. The van der Waals surface area contributed by atoms with Gasteiger partial charge in [0.25, 0.3) is 0 Å². The fourth-order valence-electron chi connectivity index (χ4n) is 4.20. The Kier molecular flexibility index (Phi) is 20.9. The standard InChI is InChI=1S/C28H53O10P/c1-4-6-8-9-10-11-12-13-14-15-17-18-27(30)37-25(20-33-24(3)29)22-35-39(31,32)36-23-26-21-34-28(38-26)19-16-7-5-2/h25-26,28H,4-23H2,1-3H3,(H,31,32)/t25-,26?,28?/m1/s1. The second kappa shape index (κ2) is 22.6. The molecule has 1 heterocycles. The van der Waals surface area contributed by atoms with Gasteiger partial charge >= 0.3 is 19.8 Å². The minimum absolute atomic E-state index is 0.175. The molecule has 3 unspecified atom stereocenters. The van der Waals surface area contributed by atoms with Gasteiger partial charge in [0.05, 0.1) is 19.8 Å². The van der Waals surface area contributed by atoms with Crippen LogP contribution in [0.5, 0.6) is 0 Å². The molecule has 39 heavy (non-hydrogen) atoms. The molecule has 1 rings (SSSR count). The molecule has 0 aromatic carbocycles. The molecule has 4 atom stereocenters. The van der Waals surface area contributed by atoms with Crippen LogP contribution in [0.2, 0.25) is 0 Å². The van der Waals surface area contributed by atoms with Crippen LogP contribution in [-0.2, 0) is 42.1 Å². The van der Waals surface area contributed by atoms with E-state index in [2.05, 4.69) is 13.8 Å². The largest absolute Gasteiger partial charge is 0.472 e. The molecule has 0 aromatic heterocycles. The van der Waals surface area contributed by atoms with E-state index in [1.165, 1.54) is 51.9 Å². The maximum Gasteiger partial charge on any atom is 0.472 e. The first-order valence-electron chi connectivity index (χ1n) is 15.0. The molecular formula is C28H53O10P. The van der Waals surface area contributed by atoms with Gasteiger partial charge in [-0.25, -0.2) is 4.57 Å². The predicted molar refractivity (Wildman–Crippen MR) is 148 cm³/mol. The second-order valence-corrected chi connectivity index (χ2v) is 11.7. The Morgan fingerprint density at radius 2 is 1.46 bits per heavy atom. The lowest BCUT2D eigenvalue weighted by Crippen LogP contribution is -2.29. The number of hydrogen-bond donors (Lipinski definition) is 1. The van der Waals surface area contributed by atoms with Gasteiger partial charge in [0.2, 0.25) is 0 Å². The summed E-state index contributed by atoms with van der Waals surface area (Å²) < 4.78 is 43.9. The molecule has 1 N–H and O–H groups in total. The van der Waals surface area contributed by atoms with E-state index in [9.17, 15) is 19.0 Å². The van der Waals surface area contributed by atoms with Crippen molar-refractivity contribution in [1.29, 1.82) is 0 Å². The summed E-state index contributed by atoms with van der Waals surface area (Å²) in [5, 5.41) is 0. The summed E-state index contributed by atoms with van der Waals surface area (Å²) >= 11 is 0. The van der Waals surface area contributed by atoms with Crippen LogP contribution < -0.4 is 0 Å². The van der Waals surface area contributed by atoms with Crippen LogP contribution in [0.3, 0.4) is 0 Å². The first-order chi connectivity index (χ1) is 18.8. The average Bonchev–Trinajstić information content (AvgIpc) is 3.35. The van der Waals surface area contributed by atoms with Crippen LogP contribution >= 0.6 is 7.82 Å². The van der Waals surface area contributed by atoms with Crippen LogP contribution in [0.1, 0.15) is 124 Å². The summed E-state index contributed by atoms with van der Waals surface area (Å²) in [7, 11) is -4.45. The zero-order valence-electron chi connectivity index (χ0n) is 24.4. The molecule has 0 saturated carbocycles. The van der Waals surface area contributed by atoms with Crippen LogP contribution in [-0.4, -0.2) is 61.8 Å². The summed E-state index contributed by atoms with van der Waals surface area (Å²) in [6, 6.07) is 0. The number of carbonyl (C=O) groups excluding carboxylic acids is 2. The maximum atomic E-state index is 12.3. The van der Waals surface area contributed by atoms with Gasteiger partial charge in [-0.15, -0.1) is 0 Å². The van der Waals surface area contributed by atoms with E-state index in [1.807, 2.05) is 0 Å². The van der Waals surface area contributed by atoms with Crippen molar-refractivity contribution in [2.75, 3.05) is 26.4 Å². The summed E-state index contributed by atoms with van der Waals surface area (Å²) in [4.78, 5) is 33.6. The number of phosphoric ester groups is 1. The Morgan fingerprint density at radius 1 is 0.872 bits per heavy atom. The topological polar surface area (TPSA) is 127 Å². The Hall–Kier alpha value is -1.03. The fourth-order valence-corrected chi connectivity index (χ4v) is 4.99. The van der Waals surface area contributed by atoms with Crippen LogP contribution in [0.4, 0.5) is 0 Å². The number of phosphoric acid groups is 1. The van der Waals surface area contributed by atoms with Gasteiger partial charge in [-0.3, -0.25) is 18.6 Å². The molecule has 0 radical (unpaired) electrons. The third-order valence-corrected chi connectivity index (χ3v) is 7.41. The highest BCUT2D eigenvalue weighted by atomic mass is 31.2. The van der Waals surface area contributed by atoms with Crippen molar-refractivity contribution >= 4 is 19.8 Å². The number of hydrogen-bond acceptors (Lipinski definition) is 9. The van der Waals surface area contributed by atoms with E-state index in [0.29, 0.717) is 6.42 Å². The molecule has 0 spiro atoms. The molecule has 0 amide bonds. The number of ether oxygens (including phenoxy) is 4. The summed E-state index contributed by atoms with van der Waals surface area (Å²) in [5.74, 6) is -1.03. The Balaban J connectivity index is 2.26. The highest BCUT2D eigenvalue weighted by Crippen LogP contribution is 2.43. The van der Waals surface area contributed by atoms with Crippen molar-refractivity contribution in [2.24, 2.45) is 0 Å². The third kappa shape index (κ3) is 20.5. The molecule has 1 aliphatic rings. The minimum atomic E-state index is -4.45. The molecule has 1 saturated heterocycles. The van der Waals surface area contributed by atoms with Gasteiger partial charge in [0.1, 0.15) is 12.7 Å². The highest BCUT2D eigenvalue weighted by molar-refractivity contribution is 7.47. The second-order valence-electron chi connectivity index (χ2n) is 10.3. The molecule has 0 aromatic rings. The zero-order chi connectivity index (χ0) is 28.8. The Morgan fingerprint density at radius 3 is 2.08 bits per heavy atom. The summed E-state index contributed by atoms with van der Waals surface area (Å²) in [6.07, 6.45) is 15.2. The molecule has 0 bridgehead atoms. The van der Waals surface area contributed by atoms with Crippen molar-refractivity contribution in [3.63, 3.8) is 0 Å². The molecule has 1 aliphatic heterocycles. The summed E-state index contributed by atoms with van der Waals surface area (Å²) in [5.41, 5.74) is 0. The third-order valence-electron chi connectivity index (χ3n) is 6.46. The maximum absolute atomic E-state index is 12.3. The van der Waals surface area contributed by atoms with Crippen molar-refractivity contribution in [3.8, 4) is 0 Å². The van der Waals surface area contributed by atoms with Gasteiger partial charge in [-0.05, 0) is 19.3 Å². The van der Waals surface area contributed by atoms with E-state index in [1.54, 1.807) is 0 Å². The van der Waals surface area contributed by atoms with E-state index < -0.39 is 38.6 Å². The van der Waals surface area contributed by atoms with E-state index in [4.69, 9.17) is 28.0 Å². The van der Waals surface area contributed by atoms with Crippen LogP contribution in [0.15, 0.2) is 0 Å². The molecule has 10 nitrogen and oxygen atoms in total. The molecule has 1 fully saturated rings. The zero-order valence-corrected chi connectivity index (χ0v) is 25.3. The van der Waals surface area contributed by atoms with Crippen molar-refractivity contribution in [2.45, 2.75) is 142 Å². The lowest BCUT2D eigenvalue weighted by Gasteiger charge is -2.20. The van der Waals surface area contributed by atoms with E-state index in [0.717, 1.165) is 44.9 Å². The monoisotopic (exact) mass is 580 g/mol. The normalized spacial score (nSPS) is 19.5. The Labute approximate surface area is 235 Å². The fraction of sp³-hybridized carbons (Fsp3) is 0.929. The van der Waals surface area contributed by atoms with Gasteiger partial charge in [-0.2, -0.15) is 0 Å². The lowest BCUT2D eigenvalue weighted by molar-refractivity contribution is -0.160. The molecule has 0 aliphatic carbocycles. The predicted octanol–water partition coefficient (Wildman–Crippen LogP) is 6.62. The molecule has 11 heteroatoms. The van der Waals surface area contributed by atoms with Crippen molar-refractivity contribution in [3.05, 3.63) is 0 Å². The van der Waals surface area contributed by atoms with Gasteiger partial charge < -0.3 is 23.8 Å². The van der Waals surface area contributed by atoms with Gasteiger partial charge in [-0.1, -0.05) is 90.9 Å². The first-order valence-corrected chi connectivity index (χ1v) is 16.5. The van der Waals surface area contributed by atoms with Crippen molar-refractivity contribution in [1.82, 2.24) is 0 Å². The average molecular weight is 581 g/mol. The number of rotatable bonds is 25. The van der Waals surface area contributed by atoms with E-state index in [-0.39, 0.29) is 32.5 Å². The van der Waals surface area contributed by atoms with Crippen LogP contribution in [0, 0.1) is 0 Å². The Bertz CT molecular complexity index is 689. The minimum Gasteiger partial charge on any atom is -0.462 e. The quantitative estimate of drug-likeness (QED) is 0.0715. The molecule has 230 valence electrons. The number of unbranched alkanes of at least 4 members (excludes halogenated alkanes) is 12. The van der Waals surface area contributed by atoms with Gasteiger partial charge in [0.15, 0.2) is 12.4 Å².